The third kappa shape index (κ3) is 3.40. The maximum Gasteiger partial charge on any atom is 0.256 e. The van der Waals surface area contributed by atoms with E-state index in [-0.39, 0.29) is 6.61 Å². The van der Waals surface area contributed by atoms with Crippen LogP contribution in [0.1, 0.15) is 5.56 Å². The molecule has 80 valence electrons. The van der Waals surface area contributed by atoms with Crippen LogP contribution in [-0.2, 0) is 20.9 Å². The molecule has 4 N–H and O–H groups in total. The molecule has 0 atom stereocenters. The fourth-order valence-corrected chi connectivity index (χ4v) is 1.06. The van der Waals surface area contributed by atoms with E-state index in [9.17, 15) is 9.59 Å². The second-order valence-corrected chi connectivity index (χ2v) is 2.98. The lowest BCUT2D eigenvalue weighted by Gasteiger charge is -2.10. The third-order valence-corrected chi connectivity index (χ3v) is 1.78. The van der Waals surface area contributed by atoms with E-state index in [0.717, 1.165) is 5.56 Å². The number of nitrogens with two attached hydrogens (primary N) is 2. The topological polar surface area (TPSA) is 95.4 Å². The predicted molar refractivity (Wildman–Crippen MR) is 53.4 cm³/mol. The Morgan fingerprint density at radius 2 is 1.67 bits per heavy atom. The van der Waals surface area contributed by atoms with Gasteiger partial charge in [0.1, 0.15) is 0 Å². The van der Waals surface area contributed by atoms with Crippen molar-refractivity contribution in [1.82, 2.24) is 0 Å². The molecule has 0 aromatic heterocycles. The van der Waals surface area contributed by atoms with Crippen LogP contribution in [0.25, 0.3) is 0 Å². The van der Waals surface area contributed by atoms with Crippen LogP contribution >= 0.6 is 0 Å². The highest BCUT2D eigenvalue weighted by molar-refractivity contribution is 6.01. The Kier molecular flexibility index (Phi) is 3.82. The van der Waals surface area contributed by atoms with Crippen LogP contribution in [0, 0.1) is 0 Å². The van der Waals surface area contributed by atoms with Crippen molar-refractivity contribution in [1.29, 1.82) is 0 Å². The molecule has 0 heterocycles. The normalized spacial score (nSPS) is 10.2. The highest BCUT2D eigenvalue weighted by Crippen LogP contribution is 2.02. The Morgan fingerprint density at radius 1 is 1.13 bits per heavy atom. The van der Waals surface area contributed by atoms with E-state index >= 15 is 0 Å². The second-order valence-electron chi connectivity index (χ2n) is 2.98. The second kappa shape index (κ2) is 5.11. The maximum atomic E-state index is 10.8. The first-order valence-corrected chi connectivity index (χ1v) is 4.35. The fraction of sp³-hybridized carbons (Fsp3) is 0.200. The summed E-state index contributed by atoms with van der Waals surface area (Å²) in [6, 6.07) is 9.10. The van der Waals surface area contributed by atoms with Crippen molar-refractivity contribution < 1.29 is 14.3 Å². The van der Waals surface area contributed by atoms with Crippen LogP contribution in [-0.4, -0.2) is 17.9 Å². The zero-order chi connectivity index (χ0) is 11.3. The van der Waals surface area contributed by atoms with Crippen molar-refractivity contribution in [3.63, 3.8) is 0 Å². The molecule has 1 rings (SSSR count). The molecule has 0 unspecified atom stereocenters. The summed E-state index contributed by atoms with van der Waals surface area (Å²) < 4.78 is 5.00. The summed E-state index contributed by atoms with van der Waals surface area (Å²) >= 11 is 0. The van der Waals surface area contributed by atoms with Crippen LogP contribution in [0.3, 0.4) is 0 Å². The summed E-state index contributed by atoms with van der Waals surface area (Å²) in [6.45, 7) is 0.122. The van der Waals surface area contributed by atoms with Gasteiger partial charge in [-0.25, -0.2) is 0 Å². The van der Waals surface area contributed by atoms with Gasteiger partial charge in [-0.1, -0.05) is 30.3 Å². The van der Waals surface area contributed by atoms with Crippen LogP contribution in [0.4, 0.5) is 0 Å². The standard InChI is InChI=1S/C10H12N2O3/c11-9(13)8(10(12)14)15-6-7-4-2-1-3-5-7/h1-5,8H,6H2,(H2,11,13)(H2,12,14). The summed E-state index contributed by atoms with van der Waals surface area (Å²) in [7, 11) is 0. The summed E-state index contributed by atoms with van der Waals surface area (Å²) in [5.74, 6) is -1.75. The van der Waals surface area contributed by atoms with Gasteiger partial charge in [-0.15, -0.1) is 0 Å². The van der Waals surface area contributed by atoms with E-state index in [1.165, 1.54) is 0 Å². The minimum absolute atomic E-state index is 0.122. The first-order valence-electron chi connectivity index (χ1n) is 4.35. The van der Waals surface area contributed by atoms with Gasteiger partial charge in [0.05, 0.1) is 6.61 Å². The van der Waals surface area contributed by atoms with Gasteiger partial charge in [0.15, 0.2) is 0 Å². The molecule has 15 heavy (non-hydrogen) atoms. The molecule has 0 radical (unpaired) electrons. The van der Waals surface area contributed by atoms with Gasteiger partial charge in [-0.2, -0.15) is 0 Å². The smallest absolute Gasteiger partial charge is 0.256 e. The number of carbonyl (C=O) groups is 2. The lowest BCUT2D eigenvalue weighted by Crippen LogP contribution is -2.42. The van der Waals surface area contributed by atoms with E-state index in [1.54, 1.807) is 12.1 Å². The lowest BCUT2D eigenvalue weighted by molar-refractivity contribution is -0.142. The van der Waals surface area contributed by atoms with Crippen LogP contribution in [0.5, 0.6) is 0 Å². The molecular weight excluding hydrogens is 196 g/mol. The van der Waals surface area contributed by atoms with E-state index < -0.39 is 17.9 Å². The molecule has 0 bridgehead atoms. The number of rotatable bonds is 5. The zero-order valence-corrected chi connectivity index (χ0v) is 8.05. The molecule has 0 aliphatic rings. The monoisotopic (exact) mass is 208 g/mol. The SMILES string of the molecule is NC(=O)C(OCc1ccccc1)C(N)=O. The summed E-state index contributed by atoms with van der Waals surface area (Å²) in [4.78, 5) is 21.5. The van der Waals surface area contributed by atoms with Crippen molar-refractivity contribution >= 4 is 11.8 Å². The highest BCUT2D eigenvalue weighted by atomic mass is 16.5. The van der Waals surface area contributed by atoms with Crippen LogP contribution in [0.2, 0.25) is 0 Å². The number of hydrogen-bond donors (Lipinski definition) is 2. The molecule has 0 fully saturated rings. The molecule has 5 nitrogen and oxygen atoms in total. The van der Waals surface area contributed by atoms with Crippen molar-refractivity contribution in [2.75, 3.05) is 0 Å². The Morgan fingerprint density at radius 3 is 2.13 bits per heavy atom. The number of primary amides is 2. The number of ether oxygens (including phenoxy) is 1. The van der Waals surface area contributed by atoms with E-state index in [1.807, 2.05) is 18.2 Å². The highest BCUT2D eigenvalue weighted by Gasteiger charge is 2.22. The van der Waals surface area contributed by atoms with Gasteiger partial charge in [0.2, 0.25) is 6.10 Å². The summed E-state index contributed by atoms with van der Waals surface area (Å²) in [6.07, 6.45) is -1.37. The molecule has 1 aromatic rings. The Balaban J connectivity index is 2.55. The quantitative estimate of drug-likeness (QED) is 0.641. The third-order valence-electron chi connectivity index (χ3n) is 1.78. The van der Waals surface area contributed by atoms with Crippen molar-refractivity contribution in [2.24, 2.45) is 11.5 Å². The van der Waals surface area contributed by atoms with Gasteiger partial charge >= 0.3 is 0 Å². The Labute approximate surface area is 87.0 Å². The van der Waals surface area contributed by atoms with Crippen molar-refractivity contribution in [3.8, 4) is 0 Å². The number of benzene rings is 1. The zero-order valence-electron chi connectivity index (χ0n) is 8.05. The summed E-state index contributed by atoms with van der Waals surface area (Å²) in [5, 5.41) is 0. The lowest BCUT2D eigenvalue weighted by atomic mass is 10.2. The Hall–Kier alpha value is -1.88. The molecule has 1 aromatic carbocycles. The average Bonchev–Trinajstić information content (AvgIpc) is 2.18. The molecular formula is C10H12N2O3. The van der Waals surface area contributed by atoms with Crippen LogP contribution < -0.4 is 11.5 Å². The number of amides is 2. The predicted octanol–water partition coefficient (Wildman–Crippen LogP) is -0.458. The Bertz CT molecular complexity index is 337. The van der Waals surface area contributed by atoms with Gasteiger partial charge in [0.25, 0.3) is 11.8 Å². The van der Waals surface area contributed by atoms with Crippen molar-refractivity contribution in [2.45, 2.75) is 12.7 Å². The minimum atomic E-state index is -1.37. The first-order chi connectivity index (χ1) is 7.11. The number of hydrogen-bond acceptors (Lipinski definition) is 3. The first kappa shape index (κ1) is 11.2. The van der Waals surface area contributed by atoms with Gasteiger partial charge in [-0.05, 0) is 5.56 Å². The fourth-order valence-electron chi connectivity index (χ4n) is 1.06. The van der Waals surface area contributed by atoms with E-state index in [4.69, 9.17) is 16.2 Å². The molecule has 0 saturated heterocycles. The van der Waals surface area contributed by atoms with Gasteiger partial charge in [0, 0.05) is 0 Å². The van der Waals surface area contributed by atoms with Gasteiger partial charge in [-0.3, -0.25) is 9.59 Å². The maximum absolute atomic E-state index is 10.8. The largest absolute Gasteiger partial charge is 0.367 e. The summed E-state index contributed by atoms with van der Waals surface area (Å²) in [5.41, 5.74) is 10.7. The van der Waals surface area contributed by atoms with Gasteiger partial charge < -0.3 is 16.2 Å². The average molecular weight is 208 g/mol. The molecule has 0 aliphatic heterocycles. The molecule has 0 saturated carbocycles. The van der Waals surface area contributed by atoms with E-state index in [2.05, 4.69) is 0 Å². The number of carbonyl (C=O) groups excluding carboxylic acids is 2. The molecule has 2 amide bonds. The van der Waals surface area contributed by atoms with Crippen LogP contribution in [0.15, 0.2) is 30.3 Å². The molecule has 0 aliphatic carbocycles. The molecule has 0 spiro atoms. The van der Waals surface area contributed by atoms with E-state index in [0.29, 0.717) is 0 Å². The molecule has 5 heteroatoms. The van der Waals surface area contributed by atoms with Crippen molar-refractivity contribution in [3.05, 3.63) is 35.9 Å². The minimum Gasteiger partial charge on any atom is -0.367 e.